The number of hydrogen-bond acceptors (Lipinski definition) is 3. The van der Waals surface area contributed by atoms with Crippen LogP contribution in [0.4, 0.5) is 0 Å². The molecule has 12 aromatic rings. The van der Waals surface area contributed by atoms with E-state index in [-0.39, 0.29) is 0 Å². The Bertz CT molecular complexity index is 3480. The lowest BCUT2D eigenvalue weighted by Crippen LogP contribution is -2.03. The summed E-state index contributed by atoms with van der Waals surface area (Å²) in [6.07, 6.45) is 0. The van der Waals surface area contributed by atoms with Crippen LogP contribution in [0.25, 0.3) is 109 Å². The van der Waals surface area contributed by atoms with Gasteiger partial charge in [0.25, 0.3) is 0 Å². The first-order valence-corrected chi connectivity index (χ1v) is 19.4. The van der Waals surface area contributed by atoms with Crippen LogP contribution < -0.4 is 0 Å². The van der Waals surface area contributed by atoms with E-state index in [9.17, 15) is 0 Å². The standard InChI is InChI=1S/C50H30N4S/c1-3-13-31(14-4-1)49-48-40(26-28-46-47(48)38-19-9-12-22-45(38)55-46)51-50(52-49)54-42-21-11-8-18-36(42)39-29-32(24-27-43(39)54)33-23-25-37-35-17-7-10-20-41(35)53(44(37)30-33)34-15-5-2-6-16-34/h1-30H. The van der Waals surface area contributed by atoms with Gasteiger partial charge in [0.15, 0.2) is 0 Å². The Morgan fingerprint density at radius 3 is 1.80 bits per heavy atom. The van der Waals surface area contributed by atoms with Crippen LogP contribution in [0.2, 0.25) is 0 Å². The van der Waals surface area contributed by atoms with Gasteiger partial charge in [-0.2, -0.15) is 0 Å². The van der Waals surface area contributed by atoms with Gasteiger partial charge in [-0.3, -0.25) is 4.57 Å². The highest BCUT2D eigenvalue weighted by molar-refractivity contribution is 7.26. The Labute approximate surface area is 319 Å². The molecular formula is C50H30N4S. The summed E-state index contributed by atoms with van der Waals surface area (Å²) < 4.78 is 7.14. The fraction of sp³-hybridized carbons (Fsp3) is 0. The number of para-hydroxylation sites is 3. The summed E-state index contributed by atoms with van der Waals surface area (Å²) in [4.78, 5) is 10.8. The van der Waals surface area contributed by atoms with Crippen LogP contribution in [0.3, 0.4) is 0 Å². The Morgan fingerprint density at radius 2 is 0.982 bits per heavy atom. The summed E-state index contributed by atoms with van der Waals surface area (Å²) in [7, 11) is 0. The predicted octanol–water partition coefficient (Wildman–Crippen LogP) is 13.5. The van der Waals surface area contributed by atoms with Gasteiger partial charge < -0.3 is 4.57 Å². The molecule has 0 fully saturated rings. The number of benzene rings is 8. The molecule has 0 saturated heterocycles. The first-order valence-electron chi connectivity index (χ1n) is 18.6. The summed E-state index contributed by atoms with van der Waals surface area (Å²) >= 11 is 1.82. The van der Waals surface area contributed by atoms with Crippen LogP contribution in [0.15, 0.2) is 182 Å². The third-order valence-electron chi connectivity index (χ3n) is 11.1. The van der Waals surface area contributed by atoms with E-state index in [1.54, 1.807) is 0 Å². The maximum Gasteiger partial charge on any atom is 0.235 e. The van der Waals surface area contributed by atoms with Crippen molar-refractivity contribution in [3.63, 3.8) is 0 Å². The minimum absolute atomic E-state index is 0.665. The summed E-state index contributed by atoms with van der Waals surface area (Å²) in [6, 6.07) is 65.3. The smallest absolute Gasteiger partial charge is 0.235 e. The van der Waals surface area contributed by atoms with Gasteiger partial charge in [-0.05, 0) is 71.8 Å². The molecule has 0 bridgehead atoms. The van der Waals surface area contributed by atoms with Gasteiger partial charge >= 0.3 is 0 Å². The Balaban J connectivity index is 1.09. The minimum atomic E-state index is 0.665. The van der Waals surface area contributed by atoms with Crippen LogP contribution in [-0.4, -0.2) is 19.1 Å². The molecule has 0 aliphatic rings. The highest BCUT2D eigenvalue weighted by atomic mass is 32.1. The highest BCUT2D eigenvalue weighted by Gasteiger charge is 2.21. The number of hydrogen-bond donors (Lipinski definition) is 0. The number of thiophene rings is 1. The van der Waals surface area contributed by atoms with Gasteiger partial charge in [-0.25, -0.2) is 9.97 Å². The zero-order chi connectivity index (χ0) is 36.0. The third kappa shape index (κ3) is 4.51. The van der Waals surface area contributed by atoms with Crippen LogP contribution in [0.1, 0.15) is 0 Å². The average Bonchev–Trinajstić information content (AvgIpc) is 3.91. The minimum Gasteiger partial charge on any atom is -0.309 e. The van der Waals surface area contributed by atoms with Gasteiger partial charge in [0.2, 0.25) is 5.95 Å². The van der Waals surface area contributed by atoms with Crippen LogP contribution in [0, 0.1) is 0 Å². The first kappa shape index (κ1) is 30.4. The largest absolute Gasteiger partial charge is 0.309 e. The molecule has 0 spiro atoms. The molecule has 4 aromatic heterocycles. The van der Waals surface area contributed by atoms with E-state index < -0.39 is 0 Å². The maximum absolute atomic E-state index is 5.48. The molecule has 0 N–H and O–H groups in total. The molecule has 0 unspecified atom stereocenters. The van der Waals surface area contributed by atoms with Crippen molar-refractivity contribution >= 4 is 86.0 Å². The predicted molar refractivity (Wildman–Crippen MR) is 232 cm³/mol. The molecule has 0 atom stereocenters. The zero-order valence-electron chi connectivity index (χ0n) is 29.5. The van der Waals surface area contributed by atoms with Gasteiger partial charge in [0.1, 0.15) is 0 Å². The highest BCUT2D eigenvalue weighted by Crippen LogP contribution is 2.43. The maximum atomic E-state index is 5.48. The van der Waals surface area contributed by atoms with E-state index in [0.717, 1.165) is 38.9 Å². The van der Waals surface area contributed by atoms with Crippen molar-refractivity contribution in [2.24, 2.45) is 0 Å². The van der Waals surface area contributed by atoms with Crippen molar-refractivity contribution in [2.75, 3.05) is 0 Å². The molecule has 55 heavy (non-hydrogen) atoms. The van der Waals surface area contributed by atoms with E-state index in [2.05, 4.69) is 191 Å². The van der Waals surface area contributed by atoms with E-state index in [1.807, 2.05) is 11.3 Å². The lowest BCUT2D eigenvalue weighted by atomic mass is 10.0. The van der Waals surface area contributed by atoms with Crippen molar-refractivity contribution in [3.8, 4) is 34.0 Å². The number of aromatic nitrogens is 4. The van der Waals surface area contributed by atoms with Crippen molar-refractivity contribution in [2.45, 2.75) is 0 Å². The summed E-state index contributed by atoms with van der Waals surface area (Å²) in [5.41, 5.74) is 11.0. The molecule has 0 radical (unpaired) electrons. The number of nitrogens with zero attached hydrogens (tertiary/aromatic N) is 4. The van der Waals surface area contributed by atoms with E-state index >= 15 is 0 Å². The topological polar surface area (TPSA) is 35.6 Å². The van der Waals surface area contributed by atoms with E-state index in [0.29, 0.717) is 5.95 Å². The van der Waals surface area contributed by atoms with Crippen LogP contribution >= 0.6 is 11.3 Å². The second-order valence-corrected chi connectivity index (χ2v) is 15.3. The fourth-order valence-electron chi connectivity index (χ4n) is 8.71. The molecule has 0 saturated carbocycles. The van der Waals surface area contributed by atoms with Gasteiger partial charge in [0.05, 0.1) is 33.3 Å². The van der Waals surface area contributed by atoms with Crippen molar-refractivity contribution in [1.29, 1.82) is 0 Å². The summed E-state index contributed by atoms with van der Waals surface area (Å²) in [5.74, 6) is 0.665. The van der Waals surface area contributed by atoms with Gasteiger partial charge in [-0.1, -0.05) is 121 Å². The summed E-state index contributed by atoms with van der Waals surface area (Å²) in [5, 5.41) is 8.40. The van der Waals surface area contributed by atoms with E-state index in [4.69, 9.17) is 9.97 Å². The Morgan fingerprint density at radius 1 is 0.364 bits per heavy atom. The zero-order valence-corrected chi connectivity index (χ0v) is 30.3. The molecule has 5 heteroatoms. The fourth-order valence-corrected chi connectivity index (χ4v) is 9.82. The molecule has 0 aliphatic carbocycles. The third-order valence-corrected chi connectivity index (χ3v) is 12.3. The SMILES string of the molecule is c1ccc(-c2nc(-n3c4ccccc4c4cc(-c5ccc6c7ccccc7n(-c7ccccc7)c6c5)ccc43)nc3ccc4sc5ccccc5c4c23)cc1. The normalized spacial score (nSPS) is 12.0. The molecule has 256 valence electrons. The van der Waals surface area contributed by atoms with Crippen LogP contribution in [0.5, 0.6) is 0 Å². The van der Waals surface area contributed by atoms with Crippen molar-refractivity contribution in [1.82, 2.24) is 19.1 Å². The second kappa shape index (κ2) is 11.7. The molecule has 12 rings (SSSR count). The molecular weight excluding hydrogens is 689 g/mol. The van der Waals surface area contributed by atoms with Crippen molar-refractivity contribution in [3.05, 3.63) is 182 Å². The monoisotopic (exact) mass is 718 g/mol. The molecule has 4 heterocycles. The second-order valence-electron chi connectivity index (χ2n) is 14.2. The lowest BCUT2D eigenvalue weighted by Gasteiger charge is -2.13. The van der Waals surface area contributed by atoms with Crippen LogP contribution in [-0.2, 0) is 0 Å². The van der Waals surface area contributed by atoms with Crippen molar-refractivity contribution < 1.29 is 0 Å². The quantitative estimate of drug-likeness (QED) is 0.182. The molecule has 0 amide bonds. The number of fused-ring (bicyclic) bond motifs is 11. The molecule has 4 nitrogen and oxygen atoms in total. The summed E-state index contributed by atoms with van der Waals surface area (Å²) in [6.45, 7) is 0. The molecule has 8 aromatic carbocycles. The Hall–Kier alpha value is -7.08. The van der Waals surface area contributed by atoms with E-state index in [1.165, 1.54) is 63.9 Å². The van der Waals surface area contributed by atoms with Gasteiger partial charge in [0, 0.05) is 58.4 Å². The molecule has 0 aliphatic heterocycles. The van der Waals surface area contributed by atoms with Gasteiger partial charge in [-0.15, -0.1) is 11.3 Å². The average molecular weight is 719 g/mol. The lowest BCUT2D eigenvalue weighted by molar-refractivity contribution is 1.01. The first-order chi connectivity index (χ1) is 27.3. The number of rotatable bonds is 4. The Kier molecular flexibility index (Phi) is 6.47.